The van der Waals surface area contributed by atoms with Gasteiger partial charge in [-0.1, -0.05) is 92.6 Å². The van der Waals surface area contributed by atoms with Gasteiger partial charge in [-0.2, -0.15) is 0 Å². The fourth-order valence-corrected chi connectivity index (χ4v) is 5.47. The van der Waals surface area contributed by atoms with Gasteiger partial charge in [0.15, 0.2) is 5.22 Å². The van der Waals surface area contributed by atoms with Crippen LogP contribution in [-0.2, 0) is 21.0 Å². The van der Waals surface area contributed by atoms with Crippen LogP contribution in [0.3, 0.4) is 0 Å². The Morgan fingerprint density at radius 1 is 0.929 bits per heavy atom. The maximum absolute atomic E-state index is 6.86. The van der Waals surface area contributed by atoms with Gasteiger partial charge in [-0.25, -0.2) is 0 Å². The predicted octanol–water partition coefficient (Wildman–Crippen LogP) is 9.01. The molecule has 0 saturated heterocycles. The number of nitrogens with one attached hydrogen (secondary N) is 1. The minimum absolute atomic E-state index is 0.0300. The van der Waals surface area contributed by atoms with E-state index in [9.17, 15) is 0 Å². The van der Waals surface area contributed by atoms with Gasteiger partial charge in [-0.05, 0) is 51.0 Å². The van der Waals surface area contributed by atoms with Gasteiger partial charge < -0.3 is 9.82 Å². The molecule has 1 unspecified atom stereocenters. The van der Waals surface area contributed by atoms with E-state index < -0.39 is 7.43 Å². The number of rotatable bonds is 5. The summed E-state index contributed by atoms with van der Waals surface area (Å²) in [5.74, 6) is 0. The molecule has 28 heavy (non-hydrogen) atoms. The molecule has 5 heteroatoms. The number of methoxy groups -OCH3 is 1. The van der Waals surface area contributed by atoms with Crippen molar-refractivity contribution in [3.63, 3.8) is 0 Å². The van der Waals surface area contributed by atoms with Crippen LogP contribution in [-0.4, -0.2) is 7.11 Å². The molecule has 1 aromatic rings. The molecule has 0 amide bonds. The van der Waals surface area contributed by atoms with Crippen LogP contribution in [0.4, 0.5) is 5.69 Å². The van der Waals surface area contributed by atoms with Crippen LogP contribution in [0.15, 0.2) is 22.7 Å². The highest BCUT2D eigenvalue weighted by Gasteiger charge is 2.30. The van der Waals surface area contributed by atoms with Crippen molar-refractivity contribution in [2.45, 2.75) is 91.9 Å². The molecule has 0 aliphatic heterocycles. The smallest absolute Gasteiger partial charge is 0.193 e. The number of benzene rings is 1. The SMILES string of the molecule is CC/C(=C(\Cl)OC)P(Cl)Nc1c(C(C)(C)C)cc(C(C)(C)C)cc1C(C)(C)C. The second kappa shape index (κ2) is 9.15. The lowest BCUT2D eigenvalue weighted by Crippen LogP contribution is -2.23. The van der Waals surface area contributed by atoms with Crippen molar-refractivity contribution in [3.8, 4) is 0 Å². The average molecular weight is 446 g/mol. The molecule has 2 nitrogen and oxygen atoms in total. The van der Waals surface area contributed by atoms with Crippen LogP contribution in [0.25, 0.3) is 0 Å². The predicted molar refractivity (Wildman–Crippen MR) is 129 cm³/mol. The molecule has 0 aliphatic carbocycles. The van der Waals surface area contributed by atoms with Crippen molar-refractivity contribution in [1.82, 2.24) is 0 Å². The fourth-order valence-electron chi connectivity index (χ4n) is 3.02. The lowest BCUT2D eigenvalue weighted by molar-refractivity contribution is 0.319. The third-order valence-corrected chi connectivity index (χ3v) is 7.60. The summed E-state index contributed by atoms with van der Waals surface area (Å²) in [4.78, 5) is 0. The second-order valence-electron chi connectivity index (χ2n) is 10.4. The van der Waals surface area contributed by atoms with Crippen LogP contribution in [0.2, 0.25) is 0 Å². The lowest BCUT2D eigenvalue weighted by Gasteiger charge is -2.34. The molecular weight excluding hydrogens is 408 g/mol. The van der Waals surface area contributed by atoms with Crippen molar-refractivity contribution in [1.29, 1.82) is 0 Å². The highest BCUT2D eigenvalue weighted by Crippen LogP contribution is 2.55. The summed E-state index contributed by atoms with van der Waals surface area (Å²) in [7, 11) is 0.396. The van der Waals surface area contributed by atoms with Gasteiger partial charge in [0.05, 0.1) is 7.11 Å². The van der Waals surface area contributed by atoms with E-state index >= 15 is 0 Å². The lowest BCUT2D eigenvalue weighted by atomic mass is 9.74. The summed E-state index contributed by atoms with van der Waals surface area (Å²) in [6, 6.07) is 4.68. The first-order valence-corrected chi connectivity index (χ1v) is 12.5. The summed E-state index contributed by atoms with van der Waals surface area (Å²) in [5.41, 5.74) is 5.03. The maximum atomic E-state index is 6.86. The Bertz CT molecular complexity index is 687. The number of ether oxygens (including phenoxy) is 1. The molecule has 0 aromatic heterocycles. The molecular formula is C23H38Cl2NOP. The second-order valence-corrected chi connectivity index (χ2v) is 13.0. The first-order chi connectivity index (χ1) is 12.5. The largest absolute Gasteiger partial charge is 0.486 e. The van der Waals surface area contributed by atoms with Crippen LogP contribution < -0.4 is 5.09 Å². The number of anilines is 1. The van der Waals surface area contributed by atoms with Crippen LogP contribution in [0, 0.1) is 0 Å². The number of hydrogen-bond acceptors (Lipinski definition) is 2. The molecule has 0 spiro atoms. The Hall–Kier alpha value is -0.430. The summed E-state index contributed by atoms with van der Waals surface area (Å²) in [6.45, 7) is 22.3. The first kappa shape index (κ1) is 25.6. The Morgan fingerprint density at radius 2 is 1.36 bits per heavy atom. The van der Waals surface area contributed by atoms with Gasteiger partial charge in [0, 0.05) is 11.0 Å². The molecule has 0 saturated carbocycles. The van der Waals surface area contributed by atoms with E-state index in [1.807, 2.05) is 6.92 Å². The number of allylic oxidation sites excluding steroid dienone is 1. The molecule has 1 N–H and O–H groups in total. The van der Waals surface area contributed by atoms with E-state index in [2.05, 4.69) is 79.5 Å². The highest BCUT2D eigenvalue weighted by molar-refractivity contribution is 7.88. The molecule has 0 heterocycles. The minimum Gasteiger partial charge on any atom is -0.486 e. The van der Waals surface area contributed by atoms with Gasteiger partial charge in [0.2, 0.25) is 0 Å². The monoisotopic (exact) mass is 445 g/mol. The third kappa shape index (κ3) is 6.28. The number of halogens is 2. The van der Waals surface area contributed by atoms with Crippen LogP contribution in [0.5, 0.6) is 0 Å². The molecule has 1 aromatic carbocycles. The van der Waals surface area contributed by atoms with Crippen molar-refractivity contribution >= 4 is 36.0 Å². The standard InChI is InChI=1S/C23H38Cl2NOP/c1-12-18(20(24)27-11)28(25)26-19-16(22(5,6)7)13-15(21(2,3)4)14-17(19)23(8,9)10/h13-14,26H,12H2,1-11H3/b20-18-. The van der Waals surface area contributed by atoms with Gasteiger partial charge in [-0.15, -0.1) is 0 Å². The number of hydrogen-bond donors (Lipinski definition) is 1. The molecule has 0 radical (unpaired) electrons. The maximum Gasteiger partial charge on any atom is 0.193 e. The van der Waals surface area contributed by atoms with E-state index in [0.717, 1.165) is 17.4 Å². The zero-order valence-electron chi connectivity index (χ0n) is 19.5. The van der Waals surface area contributed by atoms with E-state index in [4.69, 9.17) is 27.6 Å². The van der Waals surface area contributed by atoms with Gasteiger partial charge in [-0.3, -0.25) is 0 Å². The fraction of sp³-hybridized carbons (Fsp3) is 0.652. The summed E-state index contributed by atoms with van der Waals surface area (Å²) in [6.07, 6.45) is 0.741. The Balaban J connectivity index is 3.76. The van der Waals surface area contributed by atoms with Crippen molar-refractivity contribution in [2.75, 3.05) is 12.2 Å². The van der Waals surface area contributed by atoms with Crippen molar-refractivity contribution in [3.05, 3.63) is 39.4 Å². The highest BCUT2D eigenvalue weighted by atomic mass is 35.7. The van der Waals surface area contributed by atoms with E-state index in [0.29, 0.717) is 5.22 Å². The third-order valence-electron chi connectivity index (χ3n) is 4.81. The molecule has 1 rings (SSSR count). The molecule has 0 fully saturated rings. The summed E-state index contributed by atoms with van der Waals surface area (Å²) >= 11 is 13.1. The average Bonchev–Trinajstić information content (AvgIpc) is 2.52. The Morgan fingerprint density at radius 3 is 1.64 bits per heavy atom. The Kier molecular flexibility index (Phi) is 8.37. The zero-order chi connectivity index (χ0) is 22.1. The summed E-state index contributed by atoms with van der Waals surface area (Å²) < 4.78 is 5.26. The quantitative estimate of drug-likeness (QED) is 0.360. The van der Waals surface area contributed by atoms with E-state index in [1.165, 1.54) is 16.7 Å². The van der Waals surface area contributed by atoms with Crippen molar-refractivity contribution < 1.29 is 4.74 Å². The zero-order valence-corrected chi connectivity index (χ0v) is 21.9. The molecule has 1 atom stereocenters. The van der Waals surface area contributed by atoms with Crippen LogP contribution >= 0.6 is 30.3 Å². The van der Waals surface area contributed by atoms with Gasteiger partial charge in [0.25, 0.3) is 0 Å². The topological polar surface area (TPSA) is 21.3 Å². The molecule has 160 valence electrons. The minimum atomic E-state index is -1.19. The van der Waals surface area contributed by atoms with E-state index in [1.54, 1.807) is 7.11 Å². The van der Waals surface area contributed by atoms with Crippen LogP contribution in [0.1, 0.15) is 92.3 Å². The first-order valence-electron chi connectivity index (χ1n) is 9.88. The molecule has 0 aliphatic rings. The van der Waals surface area contributed by atoms with Crippen molar-refractivity contribution in [2.24, 2.45) is 0 Å². The normalized spacial score (nSPS) is 15.2. The summed E-state index contributed by atoms with van der Waals surface area (Å²) in [5, 5.41) is 4.95. The van der Waals surface area contributed by atoms with Gasteiger partial charge in [0.1, 0.15) is 7.43 Å². The Labute approximate surface area is 184 Å². The molecule has 0 bridgehead atoms. The van der Waals surface area contributed by atoms with E-state index in [-0.39, 0.29) is 16.2 Å². The van der Waals surface area contributed by atoms with Gasteiger partial charge >= 0.3 is 0 Å².